The van der Waals surface area contributed by atoms with E-state index in [2.05, 4.69) is 5.92 Å². The van der Waals surface area contributed by atoms with Crippen LogP contribution in [-0.2, 0) is 0 Å². The van der Waals surface area contributed by atoms with E-state index < -0.39 is 0 Å². The molecule has 0 radical (unpaired) electrons. The summed E-state index contributed by atoms with van der Waals surface area (Å²) >= 11 is 7.45. The lowest BCUT2D eigenvalue weighted by Gasteiger charge is -1.98. The number of thioether (sulfide) groups is 1. The minimum atomic E-state index is 0.670. The van der Waals surface area contributed by atoms with Gasteiger partial charge in [-0.1, -0.05) is 29.7 Å². The number of rotatable bonds is 2. The van der Waals surface area contributed by atoms with Gasteiger partial charge in [0, 0.05) is 4.90 Å². The number of hydrogen-bond acceptors (Lipinski definition) is 1. The highest BCUT2D eigenvalue weighted by Crippen LogP contribution is 2.25. The van der Waals surface area contributed by atoms with E-state index in [4.69, 9.17) is 18.0 Å². The highest BCUT2D eigenvalue weighted by molar-refractivity contribution is 7.99. The maximum atomic E-state index is 5.87. The minimum Gasteiger partial charge on any atom is -0.119 e. The van der Waals surface area contributed by atoms with Crippen LogP contribution in [0.4, 0.5) is 0 Å². The van der Waals surface area contributed by atoms with Gasteiger partial charge in [-0.3, -0.25) is 0 Å². The lowest BCUT2D eigenvalue weighted by atomic mass is 10.4. The van der Waals surface area contributed by atoms with Gasteiger partial charge in [0.25, 0.3) is 0 Å². The maximum absolute atomic E-state index is 5.87. The molecule has 0 amide bonds. The van der Waals surface area contributed by atoms with E-state index in [1.807, 2.05) is 24.3 Å². The normalized spacial score (nSPS) is 9.09. The van der Waals surface area contributed by atoms with Gasteiger partial charge in [-0.2, -0.15) is 0 Å². The molecule has 0 N–H and O–H groups in total. The predicted octanol–water partition coefficient (Wildman–Crippen LogP) is 3.07. The Morgan fingerprint density at radius 1 is 1.45 bits per heavy atom. The van der Waals surface area contributed by atoms with Crippen LogP contribution >= 0.6 is 23.4 Å². The van der Waals surface area contributed by atoms with Crippen molar-refractivity contribution in [2.45, 2.75) is 4.90 Å². The molecule has 0 saturated heterocycles. The second kappa shape index (κ2) is 4.33. The molecule has 0 aliphatic rings. The molecule has 1 rings (SSSR count). The average molecular weight is 183 g/mol. The molecule has 0 nitrogen and oxygen atoms in total. The summed E-state index contributed by atoms with van der Waals surface area (Å²) in [6, 6.07) is 7.68. The Balaban J connectivity index is 2.71. The maximum Gasteiger partial charge on any atom is 0.0592 e. The molecule has 2 heteroatoms. The van der Waals surface area contributed by atoms with Crippen LogP contribution in [0.1, 0.15) is 0 Å². The van der Waals surface area contributed by atoms with Crippen molar-refractivity contribution in [3.05, 3.63) is 29.3 Å². The zero-order chi connectivity index (χ0) is 8.10. The first kappa shape index (κ1) is 8.52. The van der Waals surface area contributed by atoms with Gasteiger partial charge in [0.15, 0.2) is 0 Å². The van der Waals surface area contributed by atoms with Crippen molar-refractivity contribution in [3.8, 4) is 12.3 Å². The first-order valence-electron chi connectivity index (χ1n) is 3.15. The predicted molar refractivity (Wildman–Crippen MR) is 51.0 cm³/mol. The van der Waals surface area contributed by atoms with E-state index in [9.17, 15) is 0 Å². The highest BCUT2D eigenvalue weighted by Gasteiger charge is 1.96. The molecule has 0 atom stereocenters. The lowest BCUT2D eigenvalue weighted by Crippen LogP contribution is -1.74. The van der Waals surface area contributed by atoms with Gasteiger partial charge in [-0.25, -0.2) is 0 Å². The molecule has 0 spiro atoms. The monoisotopic (exact) mass is 182 g/mol. The SMILES string of the molecule is C#CCSc1ccccc1Cl. The average Bonchev–Trinajstić information content (AvgIpc) is 2.03. The third-order valence-electron chi connectivity index (χ3n) is 1.15. The highest BCUT2D eigenvalue weighted by atomic mass is 35.5. The van der Waals surface area contributed by atoms with Gasteiger partial charge in [-0.05, 0) is 12.1 Å². The number of terminal acetylenes is 1. The largest absolute Gasteiger partial charge is 0.119 e. The zero-order valence-electron chi connectivity index (χ0n) is 5.88. The molecule has 56 valence electrons. The van der Waals surface area contributed by atoms with Crippen LogP contribution in [0.15, 0.2) is 29.2 Å². The topological polar surface area (TPSA) is 0 Å². The van der Waals surface area contributed by atoms with E-state index in [1.165, 1.54) is 0 Å². The van der Waals surface area contributed by atoms with Crippen LogP contribution in [0, 0.1) is 12.3 Å². The minimum absolute atomic E-state index is 0.670. The summed E-state index contributed by atoms with van der Waals surface area (Å²) in [4.78, 5) is 1.05. The quantitative estimate of drug-likeness (QED) is 0.501. The molecule has 1 aromatic rings. The summed E-state index contributed by atoms with van der Waals surface area (Å²) in [5.41, 5.74) is 0. The van der Waals surface area contributed by atoms with Crippen LogP contribution in [0.25, 0.3) is 0 Å². The summed E-state index contributed by atoms with van der Waals surface area (Å²) in [6.07, 6.45) is 5.11. The summed E-state index contributed by atoms with van der Waals surface area (Å²) < 4.78 is 0. The zero-order valence-corrected chi connectivity index (χ0v) is 7.45. The van der Waals surface area contributed by atoms with Crippen LogP contribution < -0.4 is 0 Å². The fourth-order valence-electron chi connectivity index (χ4n) is 0.681. The molecule has 0 fully saturated rings. The smallest absolute Gasteiger partial charge is 0.0592 e. The van der Waals surface area contributed by atoms with Gasteiger partial charge >= 0.3 is 0 Å². The summed E-state index contributed by atoms with van der Waals surface area (Å²) in [6.45, 7) is 0. The van der Waals surface area contributed by atoms with E-state index in [1.54, 1.807) is 11.8 Å². The Morgan fingerprint density at radius 2 is 2.18 bits per heavy atom. The molecule has 0 heterocycles. The Bertz CT molecular complexity index is 275. The molecular formula is C9H7ClS. The van der Waals surface area contributed by atoms with Crippen molar-refractivity contribution in [1.82, 2.24) is 0 Å². The number of benzene rings is 1. The molecule has 0 bridgehead atoms. The number of hydrogen-bond donors (Lipinski definition) is 0. The summed E-state index contributed by atoms with van der Waals surface area (Å²) in [5.74, 6) is 3.22. The van der Waals surface area contributed by atoms with Crippen LogP contribution in [0.5, 0.6) is 0 Å². The van der Waals surface area contributed by atoms with Crippen LogP contribution in [0.2, 0.25) is 5.02 Å². The third-order valence-corrected chi connectivity index (χ3v) is 2.57. The second-order valence-corrected chi connectivity index (χ2v) is 3.35. The van der Waals surface area contributed by atoms with Gasteiger partial charge in [0.2, 0.25) is 0 Å². The van der Waals surface area contributed by atoms with Crippen LogP contribution in [0.3, 0.4) is 0 Å². The van der Waals surface area contributed by atoms with Crippen LogP contribution in [-0.4, -0.2) is 5.75 Å². The Kier molecular flexibility index (Phi) is 3.35. The first-order chi connectivity index (χ1) is 5.34. The fourth-order valence-corrected chi connectivity index (χ4v) is 1.60. The molecule has 1 aromatic carbocycles. The standard InChI is InChI=1S/C9H7ClS/c1-2-7-11-9-6-4-3-5-8(9)10/h1,3-6H,7H2. The van der Waals surface area contributed by atoms with Crippen molar-refractivity contribution in [1.29, 1.82) is 0 Å². The number of halogens is 1. The molecule has 11 heavy (non-hydrogen) atoms. The van der Waals surface area contributed by atoms with Gasteiger partial charge in [0.05, 0.1) is 10.8 Å². The van der Waals surface area contributed by atoms with Gasteiger partial charge in [0.1, 0.15) is 0 Å². The molecule has 0 aliphatic heterocycles. The molecular weight excluding hydrogens is 176 g/mol. The lowest BCUT2D eigenvalue weighted by molar-refractivity contribution is 1.46. The second-order valence-electron chi connectivity index (χ2n) is 1.92. The van der Waals surface area contributed by atoms with Crippen molar-refractivity contribution < 1.29 is 0 Å². The van der Waals surface area contributed by atoms with Crippen molar-refractivity contribution in [3.63, 3.8) is 0 Å². The third kappa shape index (κ3) is 2.49. The van der Waals surface area contributed by atoms with E-state index in [0.717, 1.165) is 9.92 Å². The van der Waals surface area contributed by atoms with Gasteiger partial charge in [-0.15, -0.1) is 18.2 Å². The molecule has 0 aromatic heterocycles. The molecule has 0 aliphatic carbocycles. The Labute approximate surface area is 76.0 Å². The van der Waals surface area contributed by atoms with E-state index in [-0.39, 0.29) is 0 Å². The van der Waals surface area contributed by atoms with E-state index in [0.29, 0.717) is 5.75 Å². The Morgan fingerprint density at radius 3 is 2.82 bits per heavy atom. The Hall–Kier alpha value is -0.580. The van der Waals surface area contributed by atoms with Crippen molar-refractivity contribution in [2.75, 3.05) is 5.75 Å². The summed E-state index contributed by atoms with van der Waals surface area (Å²) in [7, 11) is 0. The van der Waals surface area contributed by atoms with E-state index >= 15 is 0 Å². The molecule has 0 saturated carbocycles. The fraction of sp³-hybridized carbons (Fsp3) is 0.111. The van der Waals surface area contributed by atoms with Crippen molar-refractivity contribution >= 4 is 23.4 Å². The molecule has 0 unspecified atom stereocenters. The first-order valence-corrected chi connectivity index (χ1v) is 4.51. The van der Waals surface area contributed by atoms with Gasteiger partial charge < -0.3 is 0 Å². The summed E-state index contributed by atoms with van der Waals surface area (Å²) in [5, 5.41) is 0.771. The van der Waals surface area contributed by atoms with Crippen molar-refractivity contribution in [2.24, 2.45) is 0 Å².